The summed E-state index contributed by atoms with van der Waals surface area (Å²) in [6.45, 7) is 1.36. The van der Waals surface area contributed by atoms with Crippen LogP contribution >= 0.6 is 23.1 Å². The first-order chi connectivity index (χ1) is 9.33. The fraction of sp³-hybridized carbons (Fsp3) is 0.385. The van der Waals surface area contributed by atoms with Gasteiger partial charge in [-0.3, -0.25) is 9.63 Å². The number of carbonyl (C=O) groups is 1. The van der Waals surface area contributed by atoms with E-state index in [1.807, 2.05) is 24.3 Å². The Hall–Kier alpha value is -1.11. The van der Waals surface area contributed by atoms with Crippen LogP contribution in [0.1, 0.15) is 12.8 Å². The number of rotatable bonds is 3. The van der Waals surface area contributed by atoms with Crippen LogP contribution in [0.2, 0.25) is 0 Å². The zero-order valence-electron chi connectivity index (χ0n) is 10.4. The average Bonchev–Trinajstić information content (AvgIpc) is 2.88. The molecule has 3 rings (SSSR count). The van der Waals surface area contributed by atoms with Crippen LogP contribution < -0.4 is 0 Å². The predicted molar refractivity (Wildman–Crippen MR) is 77.2 cm³/mol. The minimum Gasteiger partial charge on any atom is -0.272 e. The van der Waals surface area contributed by atoms with Crippen molar-refractivity contribution in [2.24, 2.45) is 0 Å². The van der Waals surface area contributed by atoms with E-state index in [4.69, 9.17) is 4.84 Å². The first-order valence-corrected chi connectivity index (χ1v) is 8.05. The molecule has 0 saturated carbocycles. The number of thioether (sulfide) groups is 1. The van der Waals surface area contributed by atoms with Crippen LogP contribution in [0.15, 0.2) is 28.6 Å². The number of thiazole rings is 1. The van der Waals surface area contributed by atoms with Gasteiger partial charge in [-0.2, -0.15) is 0 Å². The largest absolute Gasteiger partial charge is 0.272 e. The van der Waals surface area contributed by atoms with Gasteiger partial charge in [-0.1, -0.05) is 23.9 Å². The zero-order valence-corrected chi connectivity index (χ0v) is 12.0. The van der Waals surface area contributed by atoms with E-state index in [2.05, 4.69) is 4.98 Å². The third-order valence-electron chi connectivity index (χ3n) is 2.87. The number of hydroxylamine groups is 2. The van der Waals surface area contributed by atoms with Crippen LogP contribution in [0.3, 0.4) is 0 Å². The lowest BCUT2D eigenvalue weighted by Crippen LogP contribution is -2.36. The molecule has 0 unspecified atom stereocenters. The van der Waals surface area contributed by atoms with Crippen molar-refractivity contribution >= 4 is 39.2 Å². The first kappa shape index (κ1) is 12.9. The lowest BCUT2D eigenvalue weighted by atomic mass is 10.3. The van der Waals surface area contributed by atoms with E-state index in [0.717, 1.165) is 27.4 Å². The number of hydrogen-bond acceptors (Lipinski definition) is 5. The van der Waals surface area contributed by atoms with E-state index < -0.39 is 0 Å². The van der Waals surface area contributed by atoms with Crippen molar-refractivity contribution in [1.82, 2.24) is 10.0 Å². The normalized spacial score (nSPS) is 15.9. The SMILES string of the molecule is O=C(CSc1nc2ccccc2s1)N1CCCCO1. The number of para-hydroxylation sites is 1. The number of benzene rings is 1. The third kappa shape index (κ3) is 3.08. The van der Waals surface area contributed by atoms with Gasteiger partial charge in [0.05, 0.1) is 22.6 Å². The maximum Gasteiger partial charge on any atom is 0.256 e. The maximum absolute atomic E-state index is 11.9. The standard InChI is InChI=1S/C13H14N2O2S2/c16-12(15-7-3-4-8-17-15)9-18-13-14-10-5-1-2-6-11(10)19-13/h1-2,5-6H,3-4,7-9H2. The molecule has 1 aliphatic heterocycles. The summed E-state index contributed by atoms with van der Waals surface area (Å²) < 4.78 is 2.10. The molecule has 0 bridgehead atoms. The van der Waals surface area contributed by atoms with Crippen molar-refractivity contribution in [1.29, 1.82) is 0 Å². The number of carbonyl (C=O) groups excluding carboxylic acids is 1. The van der Waals surface area contributed by atoms with Gasteiger partial charge in [0.25, 0.3) is 5.91 Å². The van der Waals surface area contributed by atoms with Crippen LogP contribution in [0, 0.1) is 0 Å². The number of hydrogen-bond donors (Lipinski definition) is 0. The van der Waals surface area contributed by atoms with E-state index >= 15 is 0 Å². The highest BCUT2D eigenvalue weighted by Gasteiger charge is 2.18. The molecule has 1 aliphatic rings. The van der Waals surface area contributed by atoms with Gasteiger partial charge < -0.3 is 0 Å². The molecule has 0 aliphatic carbocycles. The molecule has 0 spiro atoms. The fourth-order valence-corrected chi connectivity index (χ4v) is 3.83. The Balaban J connectivity index is 1.60. The van der Waals surface area contributed by atoms with Gasteiger partial charge in [0.1, 0.15) is 0 Å². The zero-order chi connectivity index (χ0) is 13.1. The molecule has 1 amide bonds. The molecule has 1 aromatic carbocycles. The van der Waals surface area contributed by atoms with Gasteiger partial charge in [-0.15, -0.1) is 11.3 Å². The Labute approximate surface area is 119 Å². The van der Waals surface area contributed by atoms with Gasteiger partial charge in [-0.25, -0.2) is 10.0 Å². The maximum atomic E-state index is 11.9. The van der Waals surface area contributed by atoms with Crippen LogP contribution in [-0.4, -0.2) is 34.9 Å². The molecule has 0 radical (unpaired) electrons. The second-order valence-corrected chi connectivity index (χ2v) is 6.53. The van der Waals surface area contributed by atoms with Crippen molar-refractivity contribution < 1.29 is 9.63 Å². The van der Waals surface area contributed by atoms with E-state index in [1.54, 1.807) is 11.3 Å². The monoisotopic (exact) mass is 294 g/mol. The summed E-state index contributed by atoms with van der Waals surface area (Å²) in [6, 6.07) is 8.02. The van der Waals surface area contributed by atoms with Crippen LogP contribution in [-0.2, 0) is 9.63 Å². The Morgan fingerprint density at radius 2 is 2.32 bits per heavy atom. The highest BCUT2D eigenvalue weighted by molar-refractivity contribution is 8.01. The van der Waals surface area contributed by atoms with Gasteiger partial charge in [0, 0.05) is 6.54 Å². The summed E-state index contributed by atoms with van der Waals surface area (Å²) in [6.07, 6.45) is 2.06. The summed E-state index contributed by atoms with van der Waals surface area (Å²) in [4.78, 5) is 21.8. The second kappa shape index (κ2) is 5.90. The Morgan fingerprint density at radius 1 is 1.42 bits per heavy atom. The van der Waals surface area contributed by atoms with Crippen molar-refractivity contribution in [2.75, 3.05) is 18.9 Å². The Kier molecular flexibility index (Phi) is 4.00. The summed E-state index contributed by atoms with van der Waals surface area (Å²) in [5.74, 6) is 0.420. The lowest BCUT2D eigenvalue weighted by molar-refractivity contribution is -0.194. The molecule has 0 atom stereocenters. The Morgan fingerprint density at radius 3 is 3.11 bits per heavy atom. The van der Waals surface area contributed by atoms with Crippen molar-refractivity contribution in [3.63, 3.8) is 0 Å². The van der Waals surface area contributed by atoms with Crippen molar-refractivity contribution in [2.45, 2.75) is 17.2 Å². The lowest BCUT2D eigenvalue weighted by Gasteiger charge is -2.25. The molecule has 1 aromatic heterocycles. The van der Waals surface area contributed by atoms with Crippen LogP contribution in [0.25, 0.3) is 10.2 Å². The summed E-state index contributed by atoms with van der Waals surface area (Å²) in [7, 11) is 0. The molecule has 0 N–H and O–H groups in total. The predicted octanol–water partition coefficient (Wildman–Crippen LogP) is 2.94. The van der Waals surface area contributed by atoms with Crippen molar-refractivity contribution in [3.05, 3.63) is 24.3 Å². The summed E-state index contributed by atoms with van der Waals surface area (Å²) in [5.41, 5.74) is 0.997. The van der Waals surface area contributed by atoms with Crippen LogP contribution in [0.5, 0.6) is 0 Å². The topological polar surface area (TPSA) is 42.4 Å². The number of nitrogens with zero attached hydrogens (tertiary/aromatic N) is 2. The summed E-state index contributed by atoms with van der Waals surface area (Å²) >= 11 is 3.11. The van der Waals surface area contributed by atoms with Gasteiger partial charge in [0.15, 0.2) is 4.34 Å². The van der Waals surface area contributed by atoms with E-state index in [1.165, 1.54) is 16.8 Å². The fourth-order valence-electron chi connectivity index (χ4n) is 1.90. The molecule has 1 fully saturated rings. The minimum atomic E-state index is 0.0314. The van der Waals surface area contributed by atoms with Gasteiger partial charge >= 0.3 is 0 Å². The summed E-state index contributed by atoms with van der Waals surface area (Å²) in [5, 5.41) is 1.49. The molecule has 19 heavy (non-hydrogen) atoms. The van der Waals surface area contributed by atoms with Crippen LogP contribution in [0.4, 0.5) is 0 Å². The third-order valence-corrected chi connectivity index (χ3v) is 5.04. The molecular weight excluding hydrogens is 280 g/mol. The highest BCUT2D eigenvalue weighted by Crippen LogP contribution is 2.29. The molecule has 2 aromatic rings. The van der Waals surface area contributed by atoms with Gasteiger partial charge in [0.2, 0.25) is 0 Å². The molecule has 4 nitrogen and oxygen atoms in total. The van der Waals surface area contributed by atoms with E-state index in [-0.39, 0.29) is 5.91 Å². The molecule has 100 valence electrons. The number of amides is 1. The van der Waals surface area contributed by atoms with E-state index in [9.17, 15) is 4.79 Å². The van der Waals surface area contributed by atoms with Gasteiger partial charge in [-0.05, 0) is 25.0 Å². The highest BCUT2D eigenvalue weighted by atomic mass is 32.2. The molecule has 1 saturated heterocycles. The second-order valence-electron chi connectivity index (χ2n) is 4.27. The smallest absolute Gasteiger partial charge is 0.256 e. The molecule has 2 heterocycles. The Bertz CT molecular complexity index is 546. The minimum absolute atomic E-state index is 0.0314. The number of aromatic nitrogens is 1. The molecular formula is C13H14N2O2S2. The van der Waals surface area contributed by atoms with E-state index in [0.29, 0.717) is 18.9 Å². The number of fused-ring (bicyclic) bond motifs is 1. The van der Waals surface area contributed by atoms with Crippen molar-refractivity contribution in [3.8, 4) is 0 Å². The average molecular weight is 294 g/mol. The quantitative estimate of drug-likeness (QED) is 0.816. The first-order valence-electron chi connectivity index (χ1n) is 6.24. The molecule has 6 heteroatoms.